The smallest absolute Gasteiger partial charge is 0.253 e. The summed E-state index contributed by atoms with van der Waals surface area (Å²) >= 11 is 5.74. The fraction of sp³-hybridized carbons (Fsp3) is 0.429. The molecule has 1 amide bonds. The van der Waals surface area contributed by atoms with Gasteiger partial charge in [-0.1, -0.05) is 17.7 Å². The molecule has 156 valence electrons. The number of piperidine rings is 1. The number of ether oxygens (including phenoxy) is 1. The van der Waals surface area contributed by atoms with Crippen molar-refractivity contribution in [2.75, 3.05) is 32.8 Å². The topological polar surface area (TPSA) is 54.5 Å². The van der Waals surface area contributed by atoms with Crippen LogP contribution in [0.4, 0.5) is 8.78 Å². The van der Waals surface area contributed by atoms with E-state index in [-0.39, 0.29) is 30.3 Å². The van der Waals surface area contributed by atoms with Crippen molar-refractivity contribution < 1.29 is 18.3 Å². The summed E-state index contributed by atoms with van der Waals surface area (Å²) in [6.45, 7) is 3.58. The Hall–Kier alpha value is -2.25. The van der Waals surface area contributed by atoms with E-state index in [4.69, 9.17) is 16.3 Å². The molecule has 1 aromatic heterocycles. The molecule has 0 bridgehead atoms. The van der Waals surface area contributed by atoms with Crippen LogP contribution in [0.1, 0.15) is 28.9 Å². The van der Waals surface area contributed by atoms with Crippen LogP contribution in [0, 0.1) is 12.7 Å². The molecule has 8 heteroatoms. The molecule has 2 heterocycles. The molecule has 0 radical (unpaired) electrons. The van der Waals surface area contributed by atoms with E-state index in [0.29, 0.717) is 37.7 Å². The van der Waals surface area contributed by atoms with Gasteiger partial charge >= 0.3 is 0 Å². The fourth-order valence-corrected chi connectivity index (χ4v) is 3.42. The highest BCUT2D eigenvalue weighted by Crippen LogP contribution is 2.27. The minimum atomic E-state index is -1.38. The van der Waals surface area contributed by atoms with Crippen molar-refractivity contribution in [2.24, 2.45) is 0 Å². The van der Waals surface area contributed by atoms with Crippen molar-refractivity contribution in [3.05, 3.63) is 58.5 Å². The van der Waals surface area contributed by atoms with Gasteiger partial charge in [0.05, 0.1) is 5.02 Å². The third-order valence-corrected chi connectivity index (χ3v) is 5.24. The van der Waals surface area contributed by atoms with Gasteiger partial charge in [0.2, 0.25) is 5.88 Å². The maximum absolute atomic E-state index is 15.0. The van der Waals surface area contributed by atoms with Gasteiger partial charge in [0, 0.05) is 56.3 Å². The predicted octanol–water partition coefficient (Wildman–Crippen LogP) is 3.80. The number of halogens is 3. The molecule has 2 aromatic rings. The molecule has 29 heavy (non-hydrogen) atoms. The zero-order chi connectivity index (χ0) is 20.9. The van der Waals surface area contributed by atoms with Crippen molar-refractivity contribution in [1.82, 2.24) is 15.2 Å². The van der Waals surface area contributed by atoms with Crippen LogP contribution < -0.4 is 10.1 Å². The summed E-state index contributed by atoms with van der Waals surface area (Å²) < 4.78 is 33.8. The number of nitrogens with zero attached hydrogens (tertiary/aromatic N) is 2. The molecule has 1 saturated heterocycles. The Morgan fingerprint density at radius 3 is 2.76 bits per heavy atom. The molecular weight excluding hydrogens is 400 g/mol. The first-order valence-corrected chi connectivity index (χ1v) is 9.94. The van der Waals surface area contributed by atoms with Gasteiger partial charge < -0.3 is 15.0 Å². The number of hydrogen-bond acceptors (Lipinski definition) is 4. The standard InChI is InChI=1S/C21H24ClF2N3O2/c1-15-3-2-4-19(26-15)29-12-9-25-14-21(24)7-10-27(11-8-21)20(28)16-5-6-18(23)17(22)13-16/h2-6,13,25H,7-12,14H2,1H3. The first-order valence-electron chi connectivity index (χ1n) is 9.57. The third-order valence-electron chi connectivity index (χ3n) is 4.95. The van der Waals surface area contributed by atoms with Crippen LogP contribution in [-0.4, -0.2) is 54.2 Å². The van der Waals surface area contributed by atoms with Crippen LogP contribution in [0.3, 0.4) is 0 Å². The maximum atomic E-state index is 15.0. The molecule has 1 fully saturated rings. The van der Waals surface area contributed by atoms with E-state index in [1.807, 2.05) is 19.1 Å². The summed E-state index contributed by atoms with van der Waals surface area (Å²) in [4.78, 5) is 18.3. The first-order chi connectivity index (χ1) is 13.9. The highest BCUT2D eigenvalue weighted by molar-refractivity contribution is 6.31. The van der Waals surface area contributed by atoms with Gasteiger partial charge in [-0.3, -0.25) is 4.79 Å². The van der Waals surface area contributed by atoms with E-state index >= 15 is 4.39 Å². The summed E-state index contributed by atoms with van der Waals surface area (Å²) in [5.74, 6) is -0.284. The number of rotatable bonds is 7. The Bertz CT molecular complexity index is 858. The van der Waals surface area contributed by atoms with Crippen molar-refractivity contribution in [2.45, 2.75) is 25.4 Å². The van der Waals surface area contributed by atoms with Gasteiger partial charge in [0.15, 0.2) is 0 Å². The maximum Gasteiger partial charge on any atom is 0.253 e. The molecule has 1 N–H and O–H groups in total. The second kappa shape index (κ2) is 9.50. The molecule has 0 aliphatic carbocycles. The molecule has 0 atom stereocenters. The van der Waals surface area contributed by atoms with E-state index in [1.54, 1.807) is 11.0 Å². The monoisotopic (exact) mass is 423 g/mol. The van der Waals surface area contributed by atoms with E-state index in [0.717, 1.165) is 11.8 Å². The quantitative estimate of drug-likeness (QED) is 0.688. The summed E-state index contributed by atoms with van der Waals surface area (Å²) in [7, 11) is 0. The Balaban J connectivity index is 1.40. The van der Waals surface area contributed by atoms with Crippen molar-refractivity contribution in [3.8, 4) is 5.88 Å². The van der Waals surface area contributed by atoms with Gasteiger partial charge in [-0.15, -0.1) is 0 Å². The number of alkyl halides is 1. The molecule has 0 spiro atoms. The number of aryl methyl sites for hydroxylation is 1. The lowest BCUT2D eigenvalue weighted by atomic mass is 9.93. The second-order valence-corrected chi connectivity index (χ2v) is 7.62. The van der Waals surface area contributed by atoms with Gasteiger partial charge in [-0.2, -0.15) is 0 Å². The molecular formula is C21H24ClF2N3O2. The van der Waals surface area contributed by atoms with Crippen LogP contribution in [0.5, 0.6) is 5.88 Å². The number of likely N-dealkylation sites (tertiary alicyclic amines) is 1. The average molecular weight is 424 g/mol. The highest BCUT2D eigenvalue weighted by Gasteiger charge is 2.35. The second-order valence-electron chi connectivity index (χ2n) is 7.21. The highest BCUT2D eigenvalue weighted by atomic mass is 35.5. The Labute approximate surface area is 174 Å². The lowest BCUT2D eigenvalue weighted by Gasteiger charge is -2.36. The number of carbonyl (C=O) groups excluding carboxylic acids is 1. The number of carbonyl (C=O) groups is 1. The van der Waals surface area contributed by atoms with E-state index in [1.165, 1.54) is 12.1 Å². The van der Waals surface area contributed by atoms with Crippen LogP contribution in [0.2, 0.25) is 5.02 Å². The Morgan fingerprint density at radius 2 is 2.07 bits per heavy atom. The third kappa shape index (κ3) is 5.87. The Kier molecular flexibility index (Phi) is 7.03. The molecule has 5 nitrogen and oxygen atoms in total. The summed E-state index contributed by atoms with van der Waals surface area (Å²) in [5.41, 5.74) is -0.191. The van der Waals surface area contributed by atoms with E-state index in [2.05, 4.69) is 10.3 Å². The van der Waals surface area contributed by atoms with Gasteiger partial charge in [0.1, 0.15) is 18.1 Å². The minimum absolute atomic E-state index is 0.0972. The summed E-state index contributed by atoms with van der Waals surface area (Å²) in [6, 6.07) is 9.41. The number of benzene rings is 1. The number of aromatic nitrogens is 1. The lowest BCUT2D eigenvalue weighted by molar-refractivity contribution is 0.0433. The SMILES string of the molecule is Cc1cccc(OCCNCC2(F)CCN(C(=O)c3ccc(F)c(Cl)c3)CC2)n1. The van der Waals surface area contributed by atoms with E-state index < -0.39 is 11.5 Å². The Morgan fingerprint density at radius 1 is 1.31 bits per heavy atom. The molecule has 1 aromatic carbocycles. The van der Waals surface area contributed by atoms with Crippen molar-refractivity contribution >= 4 is 17.5 Å². The van der Waals surface area contributed by atoms with Crippen LogP contribution >= 0.6 is 11.6 Å². The summed E-state index contributed by atoms with van der Waals surface area (Å²) in [6.07, 6.45) is 0.474. The zero-order valence-corrected chi connectivity index (χ0v) is 17.0. The van der Waals surface area contributed by atoms with Crippen LogP contribution in [-0.2, 0) is 0 Å². The normalized spacial score (nSPS) is 15.9. The number of pyridine rings is 1. The zero-order valence-electron chi connectivity index (χ0n) is 16.3. The fourth-order valence-electron chi connectivity index (χ4n) is 3.24. The average Bonchev–Trinajstić information content (AvgIpc) is 2.70. The van der Waals surface area contributed by atoms with Crippen molar-refractivity contribution in [3.63, 3.8) is 0 Å². The number of amides is 1. The van der Waals surface area contributed by atoms with Gasteiger partial charge in [-0.25, -0.2) is 13.8 Å². The summed E-state index contributed by atoms with van der Waals surface area (Å²) in [5, 5.41) is 2.98. The molecule has 0 unspecified atom stereocenters. The van der Waals surface area contributed by atoms with Crippen molar-refractivity contribution in [1.29, 1.82) is 0 Å². The molecule has 0 saturated carbocycles. The largest absolute Gasteiger partial charge is 0.476 e. The number of hydrogen-bond donors (Lipinski definition) is 1. The molecule has 1 aliphatic rings. The number of nitrogens with one attached hydrogen (secondary N) is 1. The molecule has 1 aliphatic heterocycles. The van der Waals surface area contributed by atoms with Gasteiger partial charge in [-0.05, 0) is 31.2 Å². The lowest BCUT2D eigenvalue weighted by Crippen LogP contribution is -2.49. The van der Waals surface area contributed by atoms with E-state index in [9.17, 15) is 9.18 Å². The van der Waals surface area contributed by atoms with Crippen LogP contribution in [0.25, 0.3) is 0 Å². The molecule has 3 rings (SSSR count). The first kappa shape index (κ1) is 21.5. The minimum Gasteiger partial charge on any atom is -0.476 e. The van der Waals surface area contributed by atoms with Crippen LogP contribution in [0.15, 0.2) is 36.4 Å². The predicted molar refractivity (Wildman–Crippen MR) is 108 cm³/mol. The van der Waals surface area contributed by atoms with Gasteiger partial charge in [0.25, 0.3) is 5.91 Å².